The first kappa shape index (κ1) is 14.1. The molecule has 0 radical (unpaired) electrons. The van der Waals surface area contributed by atoms with Gasteiger partial charge in [-0.3, -0.25) is 0 Å². The number of amides is 2. The highest BCUT2D eigenvalue weighted by molar-refractivity contribution is 5.90. The van der Waals surface area contributed by atoms with Gasteiger partial charge in [-0.2, -0.15) is 0 Å². The van der Waals surface area contributed by atoms with Gasteiger partial charge in [0, 0.05) is 23.6 Å². The smallest absolute Gasteiger partial charge is 0.319 e. The molecule has 0 unspecified atom stereocenters. The molecule has 6 heteroatoms. The number of benzene rings is 1. The van der Waals surface area contributed by atoms with E-state index in [-0.39, 0.29) is 6.03 Å². The van der Waals surface area contributed by atoms with Crippen LogP contribution in [0.15, 0.2) is 18.2 Å². The van der Waals surface area contributed by atoms with Crippen molar-refractivity contribution in [1.29, 1.82) is 0 Å². The molecule has 0 saturated carbocycles. The van der Waals surface area contributed by atoms with Crippen LogP contribution in [0.5, 0.6) is 0 Å². The summed E-state index contributed by atoms with van der Waals surface area (Å²) in [5.74, 6) is 0. The number of urea groups is 1. The van der Waals surface area contributed by atoms with E-state index in [0.29, 0.717) is 30.2 Å². The van der Waals surface area contributed by atoms with Crippen molar-refractivity contribution in [2.24, 2.45) is 5.73 Å². The molecule has 1 aromatic rings. The van der Waals surface area contributed by atoms with Crippen molar-refractivity contribution in [3.8, 4) is 0 Å². The minimum Gasteiger partial charge on any atom is -0.399 e. The van der Waals surface area contributed by atoms with Gasteiger partial charge in [-0.25, -0.2) is 4.79 Å². The van der Waals surface area contributed by atoms with Crippen LogP contribution in [-0.4, -0.2) is 19.1 Å². The summed E-state index contributed by atoms with van der Waals surface area (Å²) in [7, 11) is 0. The van der Waals surface area contributed by atoms with Crippen molar-refractivity contribution in [2.75, 3.05) is 29.9 Å². The van der Waals surface area contributed by atoms with Gasteiger partial charge in [-0.15, -0.1) is 0 Å². The summed E-state index contributed by atoms with van der Waals surface area (Å²) in [6.45, 7) is 1.32. The molecule has 0 aliphatic heterocycles. The van der Waals surface area contributed by atoms with Gasteiger partial charge in [0.1, 0.15) is 0 Å². The summed E-state index contributed by atoms with van der Waals surface area (Å²) in [4.78, 5) is 11.5. The zero-order chi connectivity index (χ0) is 13.4. The number of nitrogens with one attached hydrogen (secondary N) is 2. The Balaban J connectivity index is 2.31. The van der Waals surface area contributed by atoms with Crippen molar-refractivity contribution < 1.29 is 4.79 Å². The van der Waals surface area contributed by atoms with E-state index in [1.807, 2.05) is 0 Å². The number of hydrogen-bond donors (Lipinski definition) is 5. The highest BCUT2D eigenvalue weighted by Gasteiger charge is 2.02. The third-order valence-electron chi connectivity index (χ3n) is 2.40. The lowest BCUT2D eigenvalue weighted by Gasteiger charge is -2.08. The second-order valence-corrected chi connectivity index (χ2v) is 4.12. The molecule has 0 aliphatic rings. The van der Waals surface area contributed by atoms with Crippen LogP contribution in [0, 0.1) is 0 Å². The zero-order valence-corrected chi connectivity index (χ0v) is 10.4. The van der Waals surface area contributed by atoms with Crippen LogP contribution in [0.25, 0.3) is 0 Å². The average molecular weight is 251 g/mol. The van der Waals surface area contributed by atoms with Crippen molar-refractivity contribution in [3.05, 3.63) is 18.2 Å². The van der Waals surface area contributed by atoms with Crippen LogP contribution in [0.3, 0.4) is 0 Å². The van der Waals surface area contributed by atoms with E-state index in [9.17, 15) is 4.79 Å². The van der Waals surface area contributed by atoms with Crippen molar-refractivity contribution in [2.45, 2.75) is 19.3 Å². The van der Waals surface area contributed by atoms with Crippen LogP contribution in [0.1, 0.15) is 19.3 Å². The lowest BCUT2D eigenvalue weighted by Crippen LogP contribution is -2.29. The predicted octanol–water partition coefficient (Wildman–Crippen LogP) is 1.10. The standard InChI is InChI=1S/C12H21N5O/c13-4-2-1-3-5-16-12(18)17-11-7-9(14)6-10(15)8-11/h6-8H,1-5,13-15H2,(H2,16,17,18). The second-order valence-electron chi connectivity index (χ2n) is 4.12. The lowest BCUT2D eigenvalue weighted by molar-refractivity contribution is 0.252. The Bertz CT molecular complexity index is 374. The average Bonchev–Trinajstić information content (AvgIpc) is 2.27. The van der Waals surface area contributed by atoms with Gasteiger partial charge in [0.2, 0.25) is 0 Å². The zero-order valence-electron chi connectivity index (χ0n) is 10.4. The molecule has 0 fully saturated rings. The van der Waals surface area contributed by atoms with E-state index in [2.05, 4.69) is 10.6 Å². The Morgan fingerprint density at radius 3 is 2.33 bits per heavy atom. The van der Waals surface area contributed by atoms with E-state index in [1.165, 1.54) is 0 Å². The molecule has 0 saturated heterocycles. The monoisotopic (exact) mass is 251 g/mol. The Kier molecular flexibility index (Phi) is 5.79. The largest absolute Gasteiger partial charge is 0.399 e. The lowest BCUT2D eigenvalue weighted by atomic mass is 10.2. The molecule has 0 spiro atoms. The number of nitrogens with two attached hydrogens (primary N) is 3. The minimum atomic E-state index is -0.257. The molecule has 0 aliphatic carbocycles. The van der Waals surface area contributed by atoms with E-state index >= 15 is 0 Å². The molecule has 8 N–H and O–H groups in total. The van der Waals surface area contributed by atoms with E-state index in [4.69, 9.17) is 17.2 Å². The molecule has 18 heavy (non-hydrogen) atoms. The molecule has 0 heterocycles. The van der Waals surface area contributed by atoms with E-state index in [1.54, 1.807) is 18.2 Å². The van der Waals surface area contributed by atoms with E-state index in [0.717, 1.165) is 19.3 Å². The SMILES string of the molecule is NCCCCCNC(=O)Nc1cc(N)cc(N)c1. The van der Waals surface area contributed by atoms with Crippen LogP contribution >= 0.6 is 0 Å². The molecule has 2 amide bonds. The fraction of sp³-hybridized carbons (Fsp3) is 0.417. The third kappa shape index (κ3) is 5.40. The number of unbranched alkanes of at least 4 members (excludes halogenated alkanes) is 2. The van der Waals surface area contributed by atoms with Gasteiger partial charge in [-0.05, 0) is 37.6 Å². The first-order valence-corrected chi connectivity index (χ1v) is 6.03. The normalized spacial score (nSPS) is 10.1. The first-order valence-electron chi connectivity index (χ1n) is 6.03. The number of rotatable bonds is 6. The van der Waals surface area contributed by atoms with Crippen LogP contribution in [0.4, 0.5) is 21.9 Å². The molecule has 100 valence electrons. The maximum atomic E-state index is 11.5. The Labute approximate surface area is 107 Å². The summed E-state index contributed by atoms with van der Waals surface area (Å²) in [5.41, 5.74) is 18.3. The molecule has 1 aromatic carbocycles. The topological polar surface area (TPSA) is 119 Å². The number of carbonyl (C=O) groups excluding carboxylic acids is 1. The highest BCUT2D eigenvalue weighted by atomic mass is 16.2. The van der Waals surface area contributed by atoms with Gasteiger partial charge >= 0.3 is 6.03 Å². The van der Waals surface area contributed by atoms with Gasteiger partial charge in [-0.1, -0.05) is 6.42 Å². The quantitative estimate of drug-likeness (QED) is 0.384. The number of hydrogen-bond acceptors (Lipinski definition) is 4. The maximum Gasteiger partial charge on any atom is 0.319 e. The van der Waals surface area contributed by atoms with Crippen LogP contribution < -0.4 is 27.8 Å². The summed E-state index contributed by atoms with van der Waals surface area (Å²) in [6.07, 6.45) is 2.92. The van der Waals surface area contributed by atoms with E-state index < -0.39 is 0 Å². The van der Waals surface area contributed by atoms with Gasteiger partial charge in [0.05, 0.1) is 0 Å². The molecule has 0 bridgehead atoms. The summed E-state index contributed by atoms with van der Waals surface area (Å²) >= 11 is 0. The van der Waals surface area contributed by atoms with Crippen molar-refractivity contribution >= 4 is 23.1 Å². The number of carbonyl (C=O) groups is 1. The predicted molar refractivity (Wildman–Crippen MR) is 75.2 cm³/mol. The molecule has 0 atom stereocenters. The summed E-state index contributed by atoms with van der Waals surface area (Å²) in [6, 6.07) is 4.69. The maximum absolute atomic E-state index is 11.5. The molecular formula is C12H21N5O. The first-order chi connectivity index (χ1) is 8.61. The number of anilines is 3. The molecule has 1 rings (SSSR count). The fourth-order valence-corrected chi connectivity index (χ4v) is 1.57. The third-order valence-corrected chi connectivity index (χ3v) is 2.40. The van der Waals surface area contributed by atoms with Crippen molar-refractivity contribution in [1.82, 2.24) is 5.32 Å². The number of nitrogen functional groups attached to an aromatic ring is 2. The minimum absolute atomic E-state index is 0.257. The molecule has 6 nitrogen and oxygen atoms in total. The van der Waals surface area contributed by atoms with Crippen LogP contribution in [-0.2, 0) is 0 Å². The highest BCUT2D eigenvalue weighted by Crippen LogP contribution is 2.17. The van der Waals surface area contributed by atoms with Gasteiger partial charge in [0.15, 0.2) is 0 Å². The Morgan fingerprint density at radius 1 is 1.06 bits per heavy atom. The Hall–Kier alpha value is -1.95. The van der Waals surface area contributed by atoms with Gasteiger partial charge in [0.25, 0.3) is 0 Å². The van der Waals surface area contributed by atoms with Crippen LogP contribution in [0.2, 0.25) is 0 Å². The second kappa shape index (κ2) is 7.39. The fourth-order valence-electron chi connectivity index (χ4n) is 1.57. The summed E-state index contributed by atoms with van der Waals surface area (Å²) in [5, 5.41) is 5.44. The molecular weight excluding hydrogens is 230 g/mol. The van der Waals surface area contributed by atoms with Gasteiger partial charge < -0.3 is 27.8 Å². The summed E-state index contributed by atoms with van der Waals surface area (Å²) < 4.78 is 0. The van der Waals surface area contributed by atoms with Crippen molar-refractivity contribution in [3.63, 3.8) is 0 Å². The Morgan fingerprint density at radius 2 is 1.72 bits per heavy atom. The molecule has 0 aromatic heterocycles.